The van der Waals surface area contributed by atoms with Gasteiger partial charge in [-0.15, -0.1) is 0 Å². The lowest BCUT2D eigenvalue weighted by Gasteiger charge is -2.10. The van der Waals surface area contributed by atoms with E-state index in [1.54, 1.807) is 5.56 Å². The first kappa shape index (κ1) is 10.1. The number of H-pyrrole nitrogens is 1. The molecule has 2 nitrogen and oxygen atoms in total. The summed E-state index contributed by atoms with van der Waals surface area (Å²) in [5.74, 6) is 0. The number of pyridine rings is 1. The van der Waals surface area contributed by atoms with E-state index in [1.165, 1.54) is 53.2 Å². The minimum atomic E-state index is 1.21. The third-order valence-electron chi connectivity index (χ3n) is 4.24. The molecule has 0 bridgehead atoms. The molecule has 1 aliphatic carbocycles. The lowest BCUT2D eigenvalue weighted by Crippen LogP contribution is -2.27. The molecule has 2 heteroatoms. The van der Waals surface area contributed by atoms with Crippen LogP contribution in [0.5, 0.6) is 0 Å². The summed E-state index contributed by atoms with van der Waals surface area (Å²) in [6, 6.07) is 8.89. The Morgan fingerprint density at radius 2 is 1.94 bits per heavy atom. The zero-order valence-electron chi connectivity index (χ0n) is 10.7. The maximum absolute atomic E-state index is 3.67. The van der Waals surface area contributed by atoms with Crippen LogP contribution in [0.15, 0.2) is 30.5 Å². The van der Waals surface area contributed by atoms with Crippen molar-refractivity contribution < 1.29 is 4.57 Å². The second kappa shape index (κ2) is 3.58. The molecule has 2 aromatic heterocycles. The fourth-order valence-corrected chi connectivity index (χ4v) is 3.31. The van der Waals surface area contributed by atoms with Crippen molar-refractivity contribution in [2.24, 2.45) is 7.05 Å². The highest BCUT2D eigenvalue weighted by molar-refractivity contribution is 6.04. The number of rotatable bonds is 0. The van der Waals surface area contributed by atoms with Gasteiger partial charge in [-0.05, 0) is 43.4 Å². The van der Waals surface area contributed by atoms with Crippen LogP contribution >= 0.6 is 0 Å². The van der Waals surface area contributed by atoms with Gasteiger partial charge >= 0.3 is 0 Å². The molecule has 0 saturated carbocycles. The maximum Gasteiger partial charge on any atom is 0.214 e. The minimum Gasteiger partial charge on any atom is -0.357 e. The molecule has 0 saturated heterocycles. The zero-order chi connectivity index (χ0) is 12.1. The Labute approximate surface area is 106 Å². The first-order valence-corrected chi connectivity index (χ1v) is 6.75. The van der Waals surface area contributed by atoms with Gasteiger partial charge in [-0.2, -0.15) is 0 Å². The van der Waals surface area contributed by atoms with Crippen LogP contribution in [-0.4, -0.2) is 4.98 Å². The maximum atomic E-state index is 3.67. The SMILES string of the molecule is C[n+]1cccc2c3[nH]c4c(c3ccc21)CCCC4. The topological polar surface area (TPSA) is 19.7 Å². The van der Waals surface area contributed by atoms with Gasteiger partial charge in [0.1, 0.15) is 7.05 Å². The summed E-state index contributed by atoms with van der Waals surface area (Å²) in [7, 11) is 2.11. The monoisotopic (exact) mass is 237 g/mol. The van der Waals surface area contributed by atoms with E-state index in [-0.39, 0.29) is 0 Å². The second-order valence-corrected chi connectivity index (χ2v) is 5.33. The van der Waals surface area contributed by atoms with Gasteiger partial charge in [-0.25, -0.2) is 4.57 Å². The van der Waals surface area contributed by atoms with Gasteiger partial charge in [0.25, 0.3) is 0 Å². The van der Waals surface area contributed by atoms with E-state index in [0.717, 1.165) is 0 Å². The van der Waals surface area contributed by atoms with Crippen LogP contribution in [0.3, 0.4) is 0 Å². The Hall–Kier alpha value is -1.83. The molecular weight excluding hydrogens is 220 g/mol. The van der Waals surface area contributed by atoms with Crippen LogP contribution in [0.1, 0.15) is 24.1 Å². The predicted molar refractivity (Wildman–Crippen MR) is 73.6 cm³/mol. The highest BCUT2D eigenvalue weighted by atomic mass is 14.9. The number of aryl methyl sites for hydroxylation is 3. The molecule has 0 unspecified atom stereocenters. The summed E-state index contributed by atoms with van der Waals surface area (Å²) in [4.78, 5) is 3.67. The number of fused-ring (bicyclic) bond motifs is 5. The average Bonchev–Trinajstić information content (AvgIpc) is 2.78. The van der Waals surface area contributed by atoms with E-state index < -0.39 is 0 Å². The fraction of sp³-hybridized carbons (Fsp3) is 0.312. The summed E-state index contributed by atoms with van der Waals surface area (Å²) >= 11 is 0. The molecule has 0 radical (unpaired) electrons. The van der Waals surface area contributed by atoms with Crippen molar-refractivity contribution >= 4 is 21.8 Å². The quantitative estimate of drug-likeness (QED) is 0.580. The number of hydrogen-bond donors (Lipinski definition) is 1. The van der Waals surface area contributed by atoms with Crippen LogP contribution in [0.25, 0.3) is 21.8 Å². The normalized spacial score (nSPS) is 15.2. The Morgan fingerprint density at radius 3 is 2.89 bits per heavy atom. The molecule has 1 N–H and O–H groups in total. The molecule has 0 fully saturated rings. The van der Waals surface area contributed by atoms with Crippen LogP contribution in [0.4, 0.5) is 0 Å². The van der Waals surface area contributed by atoms with Gasteiger partial charge in [0.15, 0.2) is 6.20 Å². The molecule has 0 atom stereocenters. The van der Waals surface area contributed by atoms with E-state index in [1.807, 2.05) is 0 Å². The highest BCUT2D eigenvalue weighted by Gasteiger charge is 2.18. The number of aromatic nitrogens is 2. The first-order chi connectivity index (χ1) is 8.84. The summed E-state index contributed by atoms with van der Waals surface area (Å²) < 4.78 is 2.19. The molecule has 3 aromatic rings. The smallest absolute Gasteiger partial charge is 0.214 e. The Kier molecular flexibility index (Phi) is 2.01. The molecule has 18 heavy (non-hydrogen) atoms. The van der Waals surface area contributed by atoms with Gasteiger partial charge in [0.2, 0.25) is 5.52 Å². The summed E-state index contributed by atoms with van der Waals surface area (Å²) in [5.41, 5.74) is 5.65. The molecule has 2 heterocycles. The zero-order valence-corrected chi connectivity index (χ0v) is 10.7. The van der Waals surface area contributed by atoms with Crippen molar-refractivity contribution in [2.45, 2.75) is 25.7 Å². The minimum absolute atomic E-state index is 1.21. The third kappa shape index (κ3) is 1.26. The molecule has 90 valence electrons. The Balaban J connectivity index is 2.16. The number of nitrogens with zero attached hydrogens (tertiary/aromatic N) is 1. The van der Waals surface area contributed by atoms with Gasteiger partial charge in [-0.1, -0.05) is 0 Å². The van der Waals surface area contributed by atoms with Crippen molar-refractivity contribution in [2.75, 3.05) is 0 Å². The molecular formula is C16H17N2+. The number of hydrogen-bond acceptors (Lipinski definition) is 0. The number of benzene rings is 1. The standard InChI is InChI=1S/C16H16N2/c1-18-10-4-6-13-15(18)9-8-12-11-5-2-3-7-14(11)17-16(12)13/h4,6,8-10H,2-3,5,7H2,1H3/p+1. The predicted octanol–water partition coefficient (Wildman–Crippen LogP) is 3.02. The molecule has 1 aromatic carbocycles. The molecule has 1 aliphatic rings. The van der Waals surface area contributed by atoms with Crippen LogP contribution in [0, 0.1) is 0 Å². The van der Waals surface area contributed by atoms with E-state index in [2.05, 4.69) is 47.1 Å². The van der Waals surface area contributed by atoms with E-state index in [0.29, 0.717) is 0 Å². The van der Waals surface area contributed by atoms with Gasteiger partial charge < -0.3 is 4.98 Å². The van der Waals surface area contributed by atoms with Gasteiger partial charge in [0.05, 0.1) is 10.9 Å². The van der Waals surface area contributed by atoms with Crippen LogP contribution in [0.2, 0.25) is 0 Å². The van der Waals surface area contributed by atoms with Crippen LogP contribution < -0.4 is 4.57 Å². The lowest BCUT2D eigenvalue weighted by molar-refractivity contribution is -0.644. The van der Waals surface area contributed by atoms with Crippen molar-refractivity contribution in [1.82, 2.24) is 4.98 Å². The van der Waals surface area contributed by atoms with Crippen molar-refractivity contribution in [3.8, 4) is 0 Å². The van der Waals surface area contributed by atoms with Gasteiger partial charge in [0, 0.05) is 23.2 Å². The van der Waals surface area contributed by atoms with Gasteiger partial charge in [-0.3, -0.25) is 0 Å². The Bertz CT molecular complexity index is 752. The molecule has 4 rings (SSSR count). The van der Waals surface area contributed by atoms with E-state index in [4.69, 9.17) is 0 Å². The largest absolute Gasteiger partial charge is 0.357 e. The van der Waals surface area contributed by atoms with Crippen molar-refractivity contribution in [1.29, 1.82) is 0 Å². The second-order valence-electron chi connectivity index (χ2n) is 5.33. The van der Waals surface area contributed by atoms with E-state index >= 15 is 0 Å². The fourth-order valence-electron chi connectivity index (χ4n) is 3.31. The summed E-state index contributed by atoms with van der Waals surface area (Å²) in [5, 5.41) is 2.77. The number of aromatic amines is 1. The molecule has 0 aliphatic heterocycles. The Morgan fingerprint density at radius 1 is 1.06 bits per heavy atom. The van der Waals surface area contributed by atoms with Crippen molar-refractivity contribution in [3.63, 3.8) is 0 Å². The summed E-state index contributed by atoms with van der Waals surface area (Å²) in [6.07, 6.45) is 7.22. The first-order valence-electron chi connectivity index (χ1n) is 6.75. The number of nitrogens with one attached hydrogen (secondary N) is 1. The summed E-state index contributed by atoms with van der Waals surface area (Å²) in [6.45, 7) is 0. The van der Waals surface area contributed by atoms with Crippen LogP contribution in [-0.2, 0) is 19.9 Å². The lowest BCUT2D eigenvalue weighted by atomic mass is 9.95. The van der Waals surface area contributed by atoms with E-state index in [9.17, 15) is 0 Å². The molecule has 0 amide bonds. The third-order valence-corrected chi connectivity index (χ3v) is 4.24. The average molecular weight is 237 g/mol. The molecule has 0 spiro atoms. The highest BCUT2D eigenvalue weighted by Crippen LogP contribution is 2.32. The van der Waals surface area contributed by atoms with Crippen molar-refractivity contribution in [3.05, 3.63) is 41.7 Å².